The minimum absolute atomic E-state index is 0.169. The van der Waals surface area contributed by atoms with Crippen molar-refractivity contribution in [3.05, 3.63) is 29.8 Å². The Hall–Kier alpha value is -1.10. The largest absolute Gasteiger partial charge is 0.507 e. The predicted molar refractivity (Wildman–Crippen MR) is 73.9 cm³/mol. The van der Waals surface area contributed by atoms with Crippen LogP contribution < -0.4 is 0 Å². The zero-order chi connectivity index (χ0) is 14.8. The quantitative estimate of drug-likeness (QED) is 0.800. The molecule has 0 aliphatic carbocycles. The SMILES string of the molecule is CC(C)(C)[C@@]12OO[C@]1(c1ccccc1O)OCC2(C)C. The Labute approximate surface area is 119 Å². The maximum Gasteiger partial charge on any atom is 0.265 e. The molecule has 2 aliphatic heterocycles. The second-order valence-electron chi connectivity index (χ2n) is 7.40. The summed E-state index contributed by atoms with van der Waals surface area (Å²) in [6, 6.07) is 7.13. The summed E-state index contributed by atoms with van der Waals surface area (Å²) in [5.74, 6) is -0.873. The number of fused-ring (bicyclic) bond motifs is 1. The molecule has 2 atom stereocenters. The van der Waals surface area contributed by atoms with E-state index in [2.05, 4.69) is 34.6 Å². The number of rotatable bonds is 1. The Bertz CT molecular complexity index is 546. The smallest absolute Gasteiger partial charge is 0.265 e. The van der Waals surface area contributed by atoms with Gasteiger partial charge in [0.2, 0.25) is 0 Å². The summed E-state index contributed by atoms with van der Waals surface area (Å²) in [6.07, 6.45) is 0. The van der Waals surface area contributed by atoms with Gasteiger partial charge in [0.15, 0.2) is 5.60 Å². The summed E-state index contributed by atoms with van der Waals surface area (Å²) < 4.78 is 6.04. The van der Waals surface area contributed by atoms with Crippen molar-refractivity contribution in [3.8, 4) is 5.75 Å². The fourth-order valence-electron chi connectivity index (χ4n) is 3.97. The van der Waals surface area contributed by atoms with Gasteiger partial charge in [-0.2, -0.15) is 4.89 Å². The Morgan fingerprint density at radius 2 is 1.75 bits per heavy atom. The summed E-state index contributed by atoms with van der Waals surface area (Å²) in [7, 11) is 0. The normalized spacial score (nSPS) is 35.5. The molecule has 2 saturated heterocycles. The van der Waals surface area contributed by atoms with Crippen molar-refractivity contribution < 1.29 is 19.6 Å². The van der Waals surface area contributed by atoms with Gasteiger partial charge < -0.3 is 9.84 Å². The van der Waals surface area contributed by atoms with Crippen LogP contribution in [0.25, 0.3) is 0 Å². The maximum absolute atomic E-state index is 10.2. The Morgan fingerprint density at radius 1 is 1.10 bits per heavy atom. The van der Waals surface area contributed by atoms with Crippen LogP contribution in [0.4, 0.5) is 0 Å². The first kappa shape index (κ1) is 13.9. The van der Waals surface area contributed by atoms with E-state index in [4.69, 9.17) is 14.5 Å². The van der Waals surface area contributed by atoms with Gasteiger partial charge in [-0.25, -0.2) is 4.89 Å². The average Bonchev–Trinajstić information content (AvgIpc) is 2.43. The number of hydrogen-bond acceptors (Lipinski definition) is 4. The van der Waals surface area contributed by atoms with Gasteiger partial charge in [-0.3, -0.25) is 0 Å². The molecule has 1 aromatic carbocycles. The van der Waals surface area contributed by atoms with Crippen molar-refractivity contribution in [1.29, 1.82) is 0 Å². The molecule has 0 saturated carbocycles. The van der Waals surface area contributed by atoms with E-state index in [-0.39, 0.29) is 16.6 Å². The molecule has 2 fully saturated rings. The van der Waals surface area contributed by atoms with Gasteiger partial charge in [0, 0.05) is 10.8 Å². The topological polar surface area (TPSA) is 47.9 Å². The van der Waals surface area contributed by atoms with Gasteiger partial charge in [-0.1, -0.05) is 46.8 Å². The predicted octanol–water partition coefficient (Wildman–Crippen LogP) is 3.35. The van der Waals surface area contributed by atoms with Crippen LogP contribution in [0.5, 0.6) is 5.75 Å². The van der Waals surface area contributed by atoms with E-state index in [9.17, 15) is 5.11 Å². The van der Waals surface area contributed by atoms with Crippen molar-refractivity contribution >= 4 is 0 Å². The van der Waals surface area contributed by atoms with Crippen LogP contribution in [0, 0.1) is 10.8 Å². The number of phenols is 1. The molecular formula is C16H22O4. The molecule has 0 radical (unpaired) electrons. The summed E-state index contributed by atoms with van der Waals surface area (Å²) >= 11 is 0. The number of hydrogen-bond donors (Lipinski definition) is 1. The van der Waals surface area contributed by atoms with E-state index in [0.717, 1.165) is 0 Å². The van der Waals surface area contributed by atoms with Crippen LogP contribution in [0.1, 0.15) is 40.2 Å². The number of aromatic hydroxyl groups is 1. The molecule has 110 valence electrons. The maximum atomic E-state index is 10.2. The minimum Gasteiger partial charge on any atom is -0.507 e. The Balaban J connectivity index is 2.22. The molecule has 0 amide bonds. The van der Waals surface area contributed by atoms with Crippen molar-refractivity contribution in [3.63, 3.8) is 0 Å². The molecule has 0 unspecified atom stereocenters. The van der Waals surface area contributed by atoms with Crippen LogP contribution in [0.15, 0.2) is 24.3 Å². The minimum atomic E-state index is -1.04. The van der Waals surface area contributed by atoms with Crippen LogP contribution in [-0.4, -0.2) is 17.3 Å². The lowest BCUT2D eigenvalue weighted by Crippen LogP contribution is -2.73. The summed E-state index contributed by atoms with van der Waals surface area (Å²) in [5, 5.41) is 10.2. The molecule has 4 heteroatoms. The molecule has 1 N–H and O–H groups in total. The zero-order valence-electron chi connectivity index (χ0n) is 12.7. The van der Waals surface area contributed by atoms with Crippen LogP contribution >= 0.6 is 0 Å². The second kappa shape index (κ2) is 3.75. The lowest BCUT2D eigenvalue weighted by molar-refractivity contribution is -0.626. The van der Waals surface area contributed by atoms with E-state index in [1.54, 1.807) is 12.1 Å². The fourth-order valence-corrected chi connectivity index (χ4v) is 3.97. The monoisotopic (exact) mass is 278 g/mol. The molecular weight excluding hydrogens is 256 g/mol. The number of phenolic OH excluding ortho intramolecular Hbond substituents is 1. The Kier molecular flexibility index (Phi) is 2.60. The number of para-hydroxylation sites is 1. The van der Waals surface area contributed by atoms with Crippen molar-refractivity contribution in [2.45, 2.75) is 46.0 Å². The summed E-state index contributed by atoms with van der Waals surface area (Å²) in [4.78, 5) is 11.2. The van der Waals surface area contributed by atoms with E-state index in [1.165, 1.54) is 0 Å². The lowest BCUT2D eigenvalue weighted by atomic mass is 9.57. The zero-order valence-corrected chi connectivity index (χ0v) is 12.7. The first-order valence-corrected chi connectivity index (χ1v) is 6.97. The van der Waals surface area contributed by atoms with E-state index >= 15 is 0 Å². The molecule has 1 aromatic rings. The molecule has 4 nitrogen and oxygen atoms in total. The first-order chi connectivity index (χ1) is 9.18. The molecule has 2 aliphatic rings. The van der Waals surface area contributed by atoms with Crippen molar-refractivity contribution in [2.75, 3.05) is 6.61 Å². The molecule has 3 rings (SSSR count). The third-order valence-corrected chi connectivity index (χ3v) is 4.65. The van der Waals surface area contributed by atoms with Crippen LogP contribution in [0.2, 0.25) is 0 Å². The molecule has 0 spiro atoms. The van der Waals surface area contributed by atoms with E-state index in [1.807, 2.05) is 12.1 Å². The molecule has 20 heavy (non-hydrogen) atoms. The highest BCUT2D eigenvalue weighted by atomic mass is 17.3. The standard InChI is InChI=1S/C16H22O4/c1-13(2,3)16-14(4,5)10-18-15(16,19-20-16)11-8-6-7-9-12(11)17/h6-9,17H,10H2,1-5H3/t15-,16-/m0/s1. The highest BCUT2D eigenvalue weighted by Gasteiger charge is 2.81. The second-order valence-corrected chi connectivity index (χ2v) is 7.40. The third-order valence-electron chi connectivity index (χ3n) is 4.65. The van der Waals surface area contributed by atoms with E-state index < -0.39 is 11.4 Å². The Morgan fingerprint density at radius 3 is 2.25 bits per heavy atom. The van der Waals surface area contributed by atoms with E-state index in [0.29, 0.717) is 12.2 Å². The number of benzene rings is 1. The van der Waals surface area contributed by atoms with Gasteiger partial charge in [-0.05, 0) is 12.1 Å². The van der Waals surface area contributed by atoms with Gasteiger partial charge in [0.1, 0.15) is 5.75 Å². The lowest BCUT2D eigenvalue weighted by Gasteiger charge is -2.61. The average molecular weight is 278 g/mol. The molecule has 0 aromatic heterocycles. The highest BCUT2D eigenvalue weighted by molar-refractivity contribution is 5.41. The third kappa shape index (κ3) is 1.32. The van der Waals surface area contributed by atoms with Crippen LogP contribution in [0.3, 0.4) is 0 Å². The van der Waals surface area contributed by atoms with Gasteiger partial charge in [0.05, 0.1) is 12.2 Å². The van der Waals surface area contributed by atoms with Gasteiger partial charge in [-0.15, -0.1) is 0 Å². The van der Waals surface area contributed by atoms with Crippen molar-refractivity contribution in [2.24, 2.45) is 10.8 Å². The molecule has 2 heterocycles. The van der Waals surface area contributed by atoms with Crippen molar-refractivity contribution in [1.82, 2.24) is 0 Å². The van der Waals surface area contributed by atoms with Crippen LogP contribution in [-0.2, 0) is 20.3 Å². The molecule has 0 bridgehead atoms. The number of ether oxygens (including phenoxy) is 1. The summed E-state index contributed by atoms with van der Waals surface area (Å²) in [6.45, 7) is 11.1. The summed E-state index contributed by atoms with van der Waals surface area (Å²) in [5.41, 5.74) is -0.461. The fraction of sp³-hybridized carbons (Fsp3) is 0.625. The van der Waals surface area contributed by atoms with Gasteiger partial charge in [0.25, 0.3) is 5.79 Å². The van der Waals surface area contributed by atoms with Gasteiger partial charge >= 0.3 is 0 Å². The highest BCUT2D eigenvalue weighted by Crippen LogP contribution is 2.69. The first-order valence-electron chi connectivity index (χ1n) is 6.97.